The van der Waals surface area contributed by atoms with Crippen molar-refractivity contribution in [2.24, 2.45) is 0 Å². The van der Waals surface area contributed by atoms with Crippen LogP contribution in [-0.4, -0.2) is 29.9 Å². The molecule has 2 amide bonds. The van der Waals surface area contributed by atoms with E-state index in [4.69, 9.17) is 9.15 Å². The van der Waals surface area contributed by atoms with Crippen LogP contribution in [0.15, 0.2) is 71.3 Å². The molecule has 35 heavy (non-hydrogen) atoms. The summed E-state index contributed by atoms with van der Waals surface area (Å²) >= 11 is 0. The predicted molar refractivity (Wildman–Crippen MR) is 135 cm³/mol. The molecule has 184 valence electrons. The zero-order chi connectivity index (χ0) is 24.8. The molecular weight excluding hydrogens is 440 g/mol. The first-order chi connectivity index (χ1) is 17.0. The van der Waals surface area contributed by atoms with Crippen molar-refractivity contribution in [1.82, 2.24) is 10.2 Å². The van der Waals surface area contributed by atoms with Gasteiger partial charge in [0.2, 0.25) is 5.91 Å². The van der Waals surface area contributed by atoms with Crippen LogP contribution in [0.4, 0.5) is 0 Å². The third-order valence-electron chi connectivity index (χ3n) is 6.71. The molecule has 4 rings (SSSR count). The average Bonchev–Trinajstić information content (AvgIpc) is 3.58. The summed E-state index contributed by atoms with van der Waals surface area (Å²) in [6.45, 7) is 4.46. The standard InChI is InChI=1S/C29H34N2O4/c1-20(2)21-14-16-22(17-15-21)27(28(32)30-24-10-5-6-11-24)31(29(33)26-13-8-18-35-26)19-23-9-4-7-12-25(23)34-3/h4,7-9,12-18,20,24,27H,5-6,10-11,19H2,1-3H3,(H,30,32). The molecule has 1 atom stereocenters. The normalized spacial score (nSPS) is 14.6. The van der Waals surface area contributed by atoms with Gasteiger partial charge in [0.1, 0.15) is 11.8 Å². The van der Waals surface area contributed by atoms with E-state index in [-0.39, 0.29) is 30.2 Å². The Balaban J connectivity index is 1.77. The molecule has 0 aliphatic heterocycles. The van der Waals surface area contributed by atoms with E-state index in [0.717, 1.165) is 36.8 Å². The van der Waals surface area contributed by atoms with Gasteiger partial charge in [-0.2, -0.15) is 0 Å². The van der Waals surface area contributed by atoms with Crippen molar-refractivity contribution in [3.8, 4) is 5.75 Å². The molecule has 1 N–H and O–H groups in total. The Morgan fingerprint density at radius 3 is 2.31 bits per heavy atom. The maximum atomic E-state index is 13.8. The van der Waals surface area contributed by atoms with E-state index in [2.05, 4.69) is 19.2 Å². The van der Waals surface area contributed by atoms with Crippen LogP contribution in [0.5, 0.6) is 5.75 Å². The number of ether oxygens (including phenoxy) is 1. The van der Waals surface area contributed by atoms with E-state index in [1.807, 2.05) is 48.5 Å². The minimum Gasteiger partial charge on any atom is -0.496 e. The van der Waals surface area contributed by atoms with Crippen molar-refractivity contribution < 1.29 is 18.7 Å². The van der Waals surface area contributed by atoms with Crippen LogP contribution >= 0.6 is 0 Å². The molecule has 3 aromatic rings. The molecule has 1 aliphatic rings. The minimum atomic E-state index is -0.820. The van der Waals surface area contributed by atoms with Crippen LogP contribution in [0.3, 0.4) is 0 Å². The fourth-order valence-corrected chi connectivity index (χ4v) is 4.73. The molecule has 0 spiro atoms. The molecule has 1 aliphatic carbocycles. The molecule has 6 heteroatoms. The van der Waals surface area contributed by atoms with Gasteiger partial charge in [-0.1, -0.05) is 69.2 Å². The van der Waals surface area contributed by atoms with Crippen molar-refractivity contribution in [2.45, 2.75) is 64.1 Å². The topological polar surface area (TPSA) is 71.8 Å². The number of methoxy groups -OCH3 is 1. The molecule has 0 bridgehead atoms. The number of carbonyl (C=O) groups is 2. The summed E-state index contributed by atoms with van der Waals surface area (Å²) in [6, 6.07) is 18.2. The third-order valence-corrected chi connectivity index (χ3v) is 6.71. The number of carbonyl (C=O) groups excluding carboxylic acids is 2. The molecule has 1 fully saturated rings. The van der Waals surface area contributed by atoms with Gasteiger partial charge in [0.05, 0.1) is 19.9 Å². The lowest BCUT2D eigenvalue weighted by Crippen LogP contribution is -2.45. The van der Waals surface area contributed by atoms with E-state index in [1.165, 1.54) is 11.8 Å². The van der Waals surface area contributed by atoms with E-state index < -0.39 is 6.04 Å². The zero-order valence-corrected chi connectivity index (χ0v) is 20.7. The number of benzene rings is 2. The Labute approximate surface area is 207 Å². The molecule has 1 unspecified atom stereocenters. The number of rotatable bonds is 9. The number of para-hydroxylation sites is 1. The first-order valence-electron chi connectivity index (χ1n) is 12.3. The van der Waals surface area contributed by atoms with E-state index in [1.54, 1.807) is 24.1 Å². The van der Waals surface area contributed by atoms with Gasteiger partial charge in [0, 0.05) is 11.6 Å². The van der Waals surface area contributed by atoms with Crippen LogP contribution in [-0.2, 0) is 11.3 Å². The average molecular weight is 475 g/mol. The number of hydrogen-bond donors (Lipinski definition) is 1. The molecule has 1 aromatic heterocycles. The van der Waals surface area contributed by atoms with Crippen LogP contribution in [0, 0.1) is 0 Å². The molecule has 0 saturated heterocycles. The van der Waals surface area contributed by atoms with Gasteiger partial charge in [0.15, 0.2) is 5.76 Å². The fraction of sp³-hybridized carbons (Fsp3) is 0.379. The molecule has 1 heterocycles. The molecular formula is C29H34N2O4. The Morgan fingerprint density at radius 2 is 1.69 bits per heavy atom. The fourth-order valence-electron chi connectivity index (χ4n) is 4.73. The number of hydrogen-bond acceptors (Lipinski definition) is 4. The summed E-state index contributed by atoms with van der Waals surface area (Å²) in [7, 11) is 1.60. The van der Waals surface area contributed by atoms with Crippen LogP contribution < -0.4 is 10.1 Å². The van der Waals surface area contributed by atoms with Crippen molar-refractivity contribution in [1.29, 1.82) is 0 Å². The summed E-state index contributed by atoms with van der Waals surface area (Å²) < 4.78 is 11.0. The smallest absolute Gasteiger partial charge is 0.290 e. The van der Waals surface area contributed by atoms with Gasteiger partial charge in [-0.15, -0.1) is 0 Å². The lowest BCUT2D eigenvalue weighted by Gasteiger charge is -2.32. The second kappa shape index (κ2) is 11.3. The second-order valence-corrected chi connectivity index (χ2v) is 9.44. The van der Waals surface area contributed by atoms with Crippen molar-refractivity contribution in [3.05, 3.63) is 89.4 Å². The van der Waals surface area contributed by atoms with Crippen LogP contribution in [0.1, 0.15) is 78.7 Å². The number of amides is 2. The highest BCUT2D eigenvalue weighted by molar-refractivity contribution is 5.96. The highest BCUT2D eigenvalue weighted by Crippen LogP contribution is 2.30. The van der Waals surface area contributed by atoms with Gasteiger partial charge in [-0.05, 0) is 48.1 Å². The number of nitrogens with zero attached hydrogens (tertiary/aromatic N) is 1. The largest absolute Gasteiger partial charge is 0.496 e. The Morgan fingerprint density at radius 1 is 1.00 bits per heavy atom. The van der Waals surface area contributed by atoms with Crippen molar-refractivity contribution in [3.63, 3.8) is 0 Å². The van der Waals surface area contributed by atoms with Gasteiger partial charge < -0.3 is 19.4 Å². The summed E-state index contributed by atoms with van der Waals surface area (Å²) in [4.78, 5) is 29.2. The Bertz CT molecular complexity index is 1120. The molecule has 1 saturated carbocycles. The first kappa shape index (κ1) is 24.6. The zero-order valence-electron chi connectivity index (χ0n) is 20.7. The van der Waals surface area contributed by atoms with Crippen LogP contribution in [0.25, 0.3) is 0 Å². The van der Waals surface area contributed by atoms with E-state index in [0.29, 0.717) is 11.7 Å². The lowest BCUT2D eigenvalue weighted by atomic mass is 9.97. The first-order valence-corrected chi connectivity index (χ1v) is 12.3. The van der Waals surface area contributed by atoms with Gasteiger partial charge in [0.25, 0.3) is 5.91 Å². The third kappa shape index (κ3) is 5.76. The van der Waals surface area contributed by atoms with Gasteiger partial charge in [-0.3, -0.25) is 9.59 Å². The monoisotopic (exact) mass is 474 g/mol. The van der Waals surface area contributed by atoms with Gasteiger partial charge in [-0.25, -0.2) is 0 Å². The quantitative estimate of drug-likeness (QED) is 0.422. The molecule has 2 aromatic carbocycles. The van der Waals surface area contributed by atoms with Crippen molar-refractivity contribution in [2.75, 3.05) is 7.11 Å². The number of nitrogens with one attached hydrogen (secondary N) is 1. The van der Waals surface area contributed by atoms with Crippen molar-refractivity contribution >= 4 is 11.8 Å². The summed E-state index contributed by atoms with van der Waals surface area (Å²) in [5.41, 5.74) is 2.75. The highest BCUT2D eigenvalue weighted by Gasteiger charge is 2.35. The minimum absolute atomic E-state index is 0.131. The lowest BCUT2D eigenvalue weighted by molar-refractivity contribution is -0.126. The Hall–Kier alpha value is -3.54. The summed E-state index contributed by atoms with van der Waals surface area (Å²) in [5.74, 6) is 0.695. The van der Waals surface area contributed by atoms with Gasteiger partial charge >= 0.3 is 0 Å². The molecule has 0 radical (unpaired) electrons. The Kier molecular flexibility index (Phi) is 7.91. The number of furan rings is 1. The predicted octanol–water partition coefficient (Wildman–Crippen LogP) is 5.85. The maximum absolute atomic E-state index is 13.8. The highest BCUT2D eigenvalue weighted by atomic mass is 16.5. The summed E-state index contributed by atoms with van der Waals surface area (Å²) in [6.07, 6.45) is 5.61. The SMILES string of the molecule is COc1ccccc1CN(C(=O)c1ccco1)C(C(=O)NC1CCCC1)c1ccc(C(C)C)cc1. The maximum Gasteiger partial charge on any atom is 0.290 e. The van der Waals surface area contributed by atoms with E-state index in [9.17, 15) is 9.59 Å². The van der Waals surface area contributed by atoms with E-state index >= 15 is 0 Å². The summed E-state index contributed by atoms with van der Waals surface area (Å²) in [5, 5.41) is 3.22. The van der Waals surface area contributed by atoms with Crippen LogP contribution in [0.2, 0.25) is 0 Å². The molecule has 6 nitrogen and oxygen atoms in total. The second-order valence-electron chi connectivity index (χ2n) is 9.44.